The van der Waals surface area contributed by atoms with Gasteiger partial charge in [-0.05, 0) is 22.8 Å². The molecule has 0 atom stereocenters. The van der Waals surface area contributed by atoms with Crippen molar-refractivity contribution in [2.75, 3.05) is 0 Å². The summed E-state index contributed by atoms with van der Waals surface area (Å²) in [5, 5.41) is 0. The second-order valence-electron chi connectivity index (χ2n) is 3.54. The van der Waals surface area contributed by atoms with E-state index in [-0.39, 0.29) is 0 Å². The van der Waals surface area contributed by atoms with Crippen LogP contribution >= 0.6 is 0 Å². The SMILES string of the molecule is O=Cc1ccccc1-c1cccc(CF)c1. The largest absolute Gasteiger partial charge is 0.298 e. The molecule has 0 saturated carbocycles. The fraction of sp³-hybridized carbons (Fsp3) is 0.0714. The maximum atomic E-state index is 12.5. The Kier molecular flexibility index (Phi) is 3.10. The molecule has 2 rings (SSSR count). The molecule has 0 spiro atoms. The number of alkyl halides is 1. The highest BCUT2D eigenvalue weighted by Crippen LogP contribution is 2.23. The summed E-state index contributed by atoms with van der Waals surface area (Å²) in [6, 6.07) is 14.5. The Balaban J connectivity index is 2.53. The average Bonchev–Trinajstić information content (AvgIpc) is 2.38. The van der Waals surface area contributed by atoms with Crippen LogP contribution in [0.2, 0.25) is 0 Å². The van der Waals surface area contributed by atoms with Crippen LogP contribution in [0, 0.1) is 0 Å². The van der Waals surface area contributed by atoms with Gasteiger partial charge in [-0.1, -0.05) is 42.5 Å². The van der Waals surface area contributed by atoms with E-state index in [4.69, 9.17) is 0 Å². The molecule has 0 unspecified atom stereocenters. The summed E-state index contributed by atoms with van der Waals surface area (Å²) in [4.78, 5) is 10.9. The minimum absolute atomic E-state index is 0.489. The Morgan fingerprint density at radius 2 is 1.88 bits per heavy atom. The van der Waals surface area contributed by atoms with E-state index < -0.39 is 6.67 Å². The van der Waals surface area contributed by atoms with Crippen LogP contribution in [0.15, 0.2) is 48.5 Å². The van der Waals surface area contributed by atoms with Crippen LogP contribution in [-0.2, 0) is 6.67 Å². The number of hydrogen-bond donors (Lipinski definition) is 0. The van der Waals surface area contributed by atoms with E-state index >= 15 is 0 Å². The van der Waals surface area contributed by atoms with Crippen LogP contribution < -0.4 is 0 Å². The second-order valence-corrected chi connectivity index (χ2v) is 3.54. The summed E-state index contributed by atoms with van der Waals surface area (Å²) in [6.45, 7) is -0.489. The normalized spacial score (nSPS) is 10.1. The lowest BCUT2D eigenvalue weighted by molar-refractivity contribution is 0.112. The Morgan fingerprint density at radius 3 is 2.62 bits per heavy atom. The van der Waals surface area contributed by atoms with Gasteiger partial charge in [0.1, 0.15) is 6.67 Å². The van der Waals surface area contributed by atoms with Gasteiger partial charge in [0.2, 0.25) is 0 Å². The maximum absolute atomic E-state index is 12.5. The molecule has 1 nitrogen and oxygen atoms in total. The van der Waals surface area contributed by atoms with Crippen molar-refractivity contribution in [2.45, 2.75) is 6.67 Å². The Labute approximate surface area is 93.5 Å². The fourth-order valence-electron chi connectivity index (χ4n) is 1.68. The van der Waals surface area contributed by atoms with E-state index in [1.807, 2.05) is 24.3 Å². The Bertz CT molecular complexity index is 506. The number of carbonyl (C=O) groups is 1. The quantitative estimate of drug-likeness (QED) is 0.713. The third kappa shape index (κ3) is 2.01. The lowest BCUT2D eigenvalue weighted by atomic mass is 9.99. The highest BCUT2D eigenvalue weighted by Gasteiger charge is 2.03. The van der Waals surface area contributed by atoms with Gasteiger partial charge in [0.25, 0.3) is 0 Å². The second kappa shape index (κ2) is 4.71. The van der Waals surface area contributed by atoms with Crippen molar-refractivity contribution in [2.24, 2.45) is 0 Å². The van der Waals surface area contributed by atoms with Gasteiger partial charge in [-0.2, -0.15) is 0 Å². The number of rotatable bonds is 3. The van der Waals surface area contributed by atoms with Gasteiger partial charge in [0.05, 0.1) is 0 Å². The van der Waals surface area contributed by atoms with Crippen molar-refractivity contribution < 1.29 is 9.18 Å². The molecule has 0 radical (unpaired) electrons. The lowest BCUT2D eigenvalue weighted by Crippen LogP contribution is -1.88. The van der Waals surface area contributed by atoms with E-state index in [0.717, 1.165) is 17.4 Å². The number of benzene rings is 2. The minimum Gasteiger partial charge on any atom is -0.298 e. The number of hydrogen-bond acceptors (Lipinski definition) is 1. The molecule has 0 amide bonds. The molecular weight excluding hydrogens is 203 g/mol. The first-order chi connectivity index (χ1) is 7.85. The van der Waals surface area contributed by atoms with Crippen LogP contribution in [0.5, 0.6) is 0 Å². The highest BCUT2D eigenvalue weighted by atomic mass is 19.1. The van der Waals surface area contributed by atoms with Gasteiger partial charge >= 0.3 is 0 Å². The molecule has 2 aromatic carbocycles. The molecular formula is C14H11FO. The van der Waals surface area contributed by atoms with Crippen LogP contribution in [0.25, 0.3) is 11.1 Å². The zero-order valence-electron chi connectivity index (χ0n) is 8.69. The van der Waals surface area contributed by atoms with Crippen LogP contribution in [-0.4, -0.2) is 6.29 Å². The van der Waals surface area contributed by atoms with Crippen molar-refractivity contribution in [1.29, 1.82) is 0 Å². The minimum atomic E-state index is -0.489. The molecule has 0 bridgehead atoms. The molecule has 0 saturated heterocycles. The molecule has 0 N–H and O–H groups in total. The summed E-state index contributed by atoms with van der Waals surface area (Å²) in [5.41, 5.74) is 2.96. The van der Waals surface area contributed by atoms with Crippen LogP contribution in [0.4, 0.5) is 4.39 Å². The summed E-state index contributed by atoms with van der Waals surface area (Å²) in [7, 11) is 0. The van der Waals surface area contributed by atoms with Crippen molar-refractivity contribution in [3.63, 3.8) is 0 Å². The number of aldehydes is 1. The van der Waals surface area contributed by atoms with E-state index in [1.54, 1.807) is 24.3 Å². The predicted molar refractivity (Wildman–Crippen MR) is 62.1 cm³/mol. The Hall–Kier alpha value is -1.96. The van der Waals surface area contributed by atoms with Gasteiger partial charge in [-0.25, -0.2) is 4.39 Å². The van der Waals surface area contributed by atoms with Gasteiger partial charge < -0.3 is 0 Å². The first kappa shape index (κ1) is 10.6. The molecule has 0 aromatic heterocycles. The zero-order chi connectivity index (χ0) is 11.4. The molecule has 80 valence electrons. The van der Waals surface area contributed by atoms with Crippen molar-refractivity contribution >= 4 is 6.29 Å². The molecule has 0 fully saturated rings. The van der Waals surface area contributed by atoms with Gasteiger partial charge in [0.15, 0.2) is 6.29 Å². The predicted octanol–water partition coefficient (Wildman–Crippen LogP) is 3.64. The topological polar surface area (TPSA) is 17.1 Å². The Morgan fingerprint density at radius 1 is 1.06 bits per heavy atom. The fourth-order valence-corrected chi connectivity index (χ4v) is 1.68. The van der Waals surface area contributed by atoms with Gasteiger partial charge in [0, 0.05) is 5.56 Å². The first-order valence-electron chi connectivity index (χ1n) is 5.04. The third-order valence-corrected chi connectivity index (χ3v) is 2.48. The summed E-state index contributed by atoms with van der Waals surface area (Å²) in [6.07, 6.45) is 0.817. The smallest absolute Gasteiger partial charge is 0.150 e. The molecule has 0 aliphatic carbocycles. The first-order valence-corrected chi connectivity index (χ1v) is 5.04. The molecule has 0 aliphatic rings. The highest BCUT2D eigenvalue weighted by molar-refractivity contribution is 5.87. The zero-order valence-corrected chi connectivity index (χ0v) is 8.69. The average molecular weight is 214 g/mol. The van der Waals surface area contributed by atoms with Crippen molar-refractivity contribution in [3.8, 4) is 11.1 Å². The molecule has 2 heteroatoms. The number of carbonyl (C=O) groups excluding carboxylic acids is 1. The third-order valence-electron chi connectivity index (χ3n) is 2.48. The lowest BCUT2D eigenvalue weighted by Gasteiger charge is -2.05. The maximum Gasteiger partial charge on any atom is 0.150 e. The van der Waals surface area contributed by atoms with E-state index in [2.05, 4.69) is 0 Å². The molecule has 0 aliphatic heterocycles. The summed E-state index contributed by atoms with van der Waals surface area (Å²) >= 11 is 0. The van der Waals surface area contributed by atoms with Crippen LogP contribution in [0.1, 0.15) is 15.9 Å². The van der Waals surface area contributed by atoms with Crippen molar-refractivity contribution in [3.05, 3.63) is 59.7 Å². The van der Waals surface area contributed by atoms with Crippen LogP contribution in [0.3, 0.4) is 0 Å². The van der Waals surface area contributed by atoms with E-state index in [1.165, 1.54) is 0 Å². The van der Waals surface area contributed by atoms with Gasteiger partial charge in [-0.15, -0.1) is 0 Å². The summed E-state index contributed by atoms with van der Waals surface area (Å²) in [5.74, 6) is 0. The van der Waals surface area contributed by atoms with E-state index in [0.29, 0.717) is 11.1 Å². The molecule has 0 heterocycles. The molecule has 16 heavy (non-hydrogen) atoms. The van der Waals surface area contributed by atoms with Gasteiger partial charge in [-0.3, -0.25) is 4.79 Å². The van der Waals surface area contributed by atoms with Crippen molar-refractivity contribution in [1.82, 2.24) is 0 Å². The standard InChI is InChI=1S/C14H11FO/c15-9-11-4-3-6-12(8-11)14-7-2-1-5-13(14)10-16/h1-8,10H,9H2. The van der Waals surface area contributed by atoms with E-state index in [9.17, 15) is 9.18 Å². The molecule has 2 aromatic rings. The number of halogens is 1. The summed E-state index contributed by atoms with van der Waals surface area (Å²) < 4.78 is 12.5. The monoisotopic (exact) mass is 214 g/mol.